The number of amides is 1. The van der Waals surface area contributed by atoms with Crippen molar-refractivity contribution in [1.82, 2.24) is 20.2 Å². The third-order valence-corrected chi connectivity index (χ3v) is 3.85. The molecule has 1 aromatic rings. The fourth-order valence-corrected chi connectivity index (χ4v) is 2.42. The number of carbonyl (C=O) groups is 1. The fourth-order valence-electron chi connectivity index (χ4n) is 2.42. The summed E-state index contributed by atoms with van der Waals surface area (Å²) in [6.07, 6.45) is 6.76. The number of nitrogens with one attached hydrogen (secondary N) is 1. The summed E-state index contributed by atoms with van der Waals surface area (Å²) in [7, 11) is 0. The number of ether oxygens (including phenoxy) is 1. The van der Waals surface area contributed by atoms with E-state index < -0.39 is 5.60 Å². The second kappa shape index (κ2) is 6.60. The molecule has 1 aromatic heterocycles. The Labute approximate surface area is 132 Å². The number of nitrogens with zero attached hydrogens (tertiary/aromatic N) is 3. The molecule has 0 saturated carbocycles. The van der Waals surface area contributed by atoms with Crippen molar-refractivity contribution in [2.45, 2.75) is 58.2 Å². The van der Waals surface area contributed by atoms with Crippen LogP contribution in [0.15, 0.2) is 18.7 Å². The first-order valence-electron chi connectivity index (χ1n) is 7.74. The minimum atomic E-state index is -0.441. The molecular weight excluding hydrogens is 280 g/mol. The second-order valence-corrected chi connectivity index (χ2v) is 7.13. The SMILES string of the molecule is CC1(NCc2cncnc2)CCN(C(=O)OC(C)(C)C)CC1. The zero-order chi connectivity index (χ0) is 16.2. The van der Waals surface area contributed by atoms with Gasteiger partial charge in [-0.2, -0.15) is 0 Å². The van der Waals surface area contributed by atoms with E-state index in [4.69, 9.17) is 4.74 Å². The lowest BCUT2D eigenvalue weighted by atomic mass is 9.89. The monoisotopic (exact) mass is 306 g/mol. The second-order valence-electron chi connectivity index (χ2n) is 7.13. The van der Waals surface area contributed by atoms with Gasteiger partial charge in [0.2, 0.25) is 0 Å². The van der Waals surface area contributed by atoms with Crippen LogP contribution in [0.25, 0.3) is 0 Å². The molecule has 0 radical (unpaired) electrons. The van der Waals surface area contributed by atoms with Gasteiger partial charge in [-0.05, 0) is 40.5 Å². The minimum Gasteiger partial charge on any atom is -0.444 e. The zero-order valence-electron chi connectivity index (χ0n) is 13.9. The van der Waals surface area contributed by atoms with Crippen LogP contribution in [0.1, 0.15) is 46.1 Å². The van der Waals surface area contributed by atoms with E-state index in [1.165, 1.54) is 6.33 Å². The van der Waals surface area contributed by atoms with Crippen LogP contribution < -0.4 is 5.32 Å². The third-order valence-electron chi connectivity index (χ3n) is 3.85. The first-order valence-corrected chi connectivity index (χ1v) is 7.74. The van der Waals surface area contributed by atoms with Gasteiger partial charge in [0.25, 0.3) is 0 Å². The number of likely N-dealkylation sites (tertiary alicyclic amines) is 1. The van der Waals surface area contributed by atoms with E-state index in [2.05, 4.69) is 22.2 Å². The van der Waals surface area contributed by atoms with Gasteiger partial charge in [0.15, 0.2) is 0 Å². The number of carbonyl (C=O) groups excluding carboxylic acids is 1. The normalized spacial score (nSPS) is 18.1. The van der Waals surface area contributed by atoms with Crippen LogP contribution in [0.3, 0.4) is 0 Å². The molecule has 22 heavy (non-hydrogen) atoms. The first kappa shape index (κ1) is 16.7. The summed E-state index contributed by atoms with van der Waals surface area (Å²) in [6, 6.07) is 0. The number of rotatable bonds is 3. The molecule has 2 rings (SSSR count). The molecule has 122 valence electrons. The van der Waals surface area contributed by atoms with E-state index in [0.29, 0.717) is 13.1 Å². The van der Waals surface area contributed by atoms with Gasteiger partial charge in [0.05, 0.1) is 0 Å². The van der Waals surface area contributed by atoms with Gasteiger partial charge in [-0.3, -0.25) is 0 Å². The molecule has 2 heterocycles. The number of aromatic nitrogens is 2. The average molecular weight is 306 g/mol. The van der Waals surface area contributed by atoms with Crippen molar-refractivity contribution >= 4 is 6.09 Å². The lowest BCUT2D eigenvalue weighted by molar-refractivity contribution is 0.0156. The molecule has 6 heteroatoms. The Morgan fingerprint density at radius 2 is 1.91 bits per heavy atom. The number of hydrogen-bond donors (Lipinski definition) is 1. The highest BCUT2D eigenvalue weighted by Crippen LogP contribution is 2.23. The summed E-state index contributed by atoms with van der Waals surface area (Å²) in [4.78, 5) is 21.9. The van der Waals surface area contributed by atoms with E-state index in [1.807, 2.05) is 33.2 Å². The molecule has 1 saturated heterocycles. The summed E-state index contributed by atoms with van der Waals surface area (Å²) >= 11 is 0. The van der Waals surface area contributed by atoms with Gasteiger partial charge in [-0.25, -0.2) is 14.8 Å². The van der Waals surface area contributed by atoms with Crippen LogP contribution in [0.2, 0.25) is 0 Å². The first-order chi connectivity index (χ1) is 10.3. The molecule has 0 aromatic carbocycles. The number of piperidine rings is 1. The topological polar surface area (TPSA) is 67.4 Å². The van der Waals surface area contributed by atoms with E-state index >= 15 is 0 Å². The highest BCUT2D eigenvalue weighted by atomic mass is 16.6. The number of hydrogen-bond acceptors (Lipinski definition) is 5. The maximum absolute atomic E-state index is 12.1. The van der Waals surface area contributed by atoms with Crippen molar-refractivity contribution in [3.05, 3.63) is 24.3 Å². The van der Waals surface area contributed by atoms with Crippen LogP contribution in [-0.4, -0.2) is 45.2 Å². The minimum absolute atomic E-state index is 0.0222. The average Bonchev–Trinajstić information content (AvgIpc) is 2.45. The standard InChI is InChI=1S/C16H26N4O2/c1-15(2,3)22-14(21)20-7-5-16(4,6-8-20)19-11-13-9-17-12-18-10-13/h9-10,12,19H,5-8,11H2,1-4H3. The molecule has 6 nitrogen and oxygen atoms in total. The molecule has 1 N–H and O–H groups in total. The summed E-state index contributed by atoms with van der Waals surface area (Å²) in [5, 5.41) is 3.56. The molecule has 1 fully saturated rings. The molecule has 0 bridgehead atoms. The predicted octanol–water partition coefficient (Wildman–Crippen LogP) is 2.36. The van der Waals surface area contributed by atoms with Crippen molar-refractivity contribution < 1.29 is 9.53 Å². The predicted molar refractivity (Wildman–Crippen MR) is 84.3 cm³/mol. The molecule has 1 aliphatic heterocycles. The summed E-state index contributed by atoms with van der Waals surface area (Å²) in [5.74, 6) is 0. The van der Waals surface area contributed by atoms with Crippen molar-refractivity contribution in [3.8, 4) is 0 Å². The lowest BCUT2D eigenvalue weighted by Crippen LogP contribution is -2.53. The van der Waals surface area contributed by atoms with Crippen molar-refractivity contribution in [1.29, 1.82) is 0 Å². The Balaban J connectivity index is 1.81. The quantitative estimate of drug-likeness (QED) is 0.928. The Hall–Kier alpha value is -1.69. The third kappa shape index (κ3) is 4.94. The van der Waals surface area contributed by atoms with Crippen molar-refractivity contribution in [2.75, 3.05) is 13.1 Å². The van der Waals surface area contributed by atoms with E-state index in [0.717, 1.165) is 24.9 Å². The Kier molecular flexibility index (Phi) is 5.01. The van der Waals surface area contributed by atoms with E-state index in [9.17, 15) is 4.79 Å². The van der Waals surface area contributed by atoms with Gasteiger partial charge in [0, 0.05) is 43.1 Å². The van der Waals surface area contributed by atoms with Crippen LogP contribution in [-0.2, 0) is 11.3 Å². The highest BCUT2D eigenvalue weighted by Gasteiger charge is 2.33. The van der Waals surface area contributed by atoms with E-state index in [1.54, 1.807) is 4.90 Å². The molecule has 0 aliphatic carbocycles. The van der Waals surface area contributed by atoms with Crippen LogP contribution >= 0.6 is 0 Å². The molecule has 0 unspecified atom stereocenters. The largest absolute Gasteiger partial charge is 0.444 e. The lowest BCUT2D eigenvalue weighted by Gasteiger charge is -2.40. The Morgan fingerprint density at radius 3 is 2.45 bits per heavy atom. The van der Waals surface area contributed by atoms with Crippen molar-refractivity contribution in [3.63, 3.8) is 0 Å². The maximum Gasteiger partial charge on any atom is 0.410 e. The molecule has 1 aliphatic rings. The van der Waals surface area contributed by atoms with Gasteiger partial charge in [0.1, 0.15) is 11.9 Å². The van der Waals surface area contributed by atoms with E-state index in [-0.39, 0.29) is 11.6 Å². The molecule has 1 amide bonds. The van der Waals surface area contributed by atoms with Gasteiger partial charge < -0.3 is 15.0 Å². The van der Waals surface area contributed by atoms with Gasteiger partial charge >= 0.3 is 6.09 Å². The van der Waals surface area contributed by atoms with Crippen molar-refractivity contribution in [2.24, 2.45) is 0 Å². The molecular formula is C16H26N4O2. The summed E-state index contributed by atoms with van der Waals surface area (Å²) in [6.45, 7) is 10.0. The van der Waals surface area contributed by atoms with Crippen LogP contribution in [0, 0.1) is 0 Å². The maximum atomic E-state index is 12.1. The molecule has 0 spiro atoms. The van der Waals surface area contributed by atoms with Gasteiger partial charge in [-0.15, -0.1) is 0 Å². The summed E-state index contributed by atoms with van der Waals surface area (Å²) < 4.78 is 5.42. The fraction of sp³-hybridized carbons (Fsp3) is 0.688. The summed E-state index contributed by atoms with van der Waals surface area (Å²) in [5.41, 5.74) is 0.649. The highest BCUT2D eigenvalue weighted by molar-refractivity contribution is 5.68. The Bertz CT molecular complexity index is 491. The smallest absolute Gasteiger partial charge is 0.410 e. The van der Waals surface area contributed by atoms with Crippen LogP contribution in [0.5, 0.6) is 0 Å². The zero-order valence-corrected chi connectivity index (χ0v) is 13.9. The molecule has 0 atom stereocenters. The Morgan fingerprint density at radius 1 is 1.32 bits per heavy atom. The van der Waals surface area contributed by atoms with Crippen LogP contribution in [0.4, 0.5) is 4.79 Å². The van der Waals surface area contributed by atoms with Gasteiger partial charge in [-0.1, -0.05) is 0 Å².